The Morgan fingerprint density at radius 3 is 1.62 bits per heavy atom. The Morgan fingerprint density at radius 1 is 0.844 bits per heavy atom. The molecule has 32 heavy (non-hydrogen) atoms. The molecule has 0 saturated heterocycles. The van der Waals surface area contributed by atoms with Crippen LogP contribution in [-0.4, -0.2) is 29.0 Å². The lowest BCUT2D eigenvalue weighted by atomic mass is 10.0. The van der Waals surface area contributed by atoms with Crippen LogP contribution in [0.25, 0.3) is 0 Å². The molecule has 0 bridgehead atoms. The lowest BCUT2D eigenvalue weighted by Crippen LogP contribution is -2.60. The lowest BCUT2D eigenvalue weighted by molar-refractivity contribution is -0.808. The first-order valence-corrected chi connectivity index (χ1v) is 13.6. The van der Waals surface area contributed by atoms with Gasteiger partial charge in [0.1, 0.15) is 18.9 Å². The van der Waals surface area contributed by atoms with E-state index in [0.717, 1.165) is 18.7 Å². The van der Waals surface area contributed by atoms with E-state index in [1.807, 2.05) is 6.92 Å². The molecule has 0 aromatic carbocycles. The number of carboxylic acids is 1. The maximum absolute atomic E-state index is 11.2. The van der Waals surface area contributed by atoms with Crippen LogP contribution >= 0.6 is 0 Å². The first-order valence-electron chi connectivity index (χ1n) is 13.6. The topological polar surface area (TPSA) is 78.5 Å². The van der Waals surface area contributed by atoms with Crippen molar-refractivity contribution in [3.05, 3.63) is 12.4 Å². The van der Waals surface area contributed by atoms with Gasteiger partial charge in [-0.25, -0.2) is 9.48 Å². The molecule has 2 atom stereocenters. The molecule has 0 radical (unpaired) electrons. The Balaban J connectivity index is 1.92. The fraction of sp³-hybridized carbons (Fsp3) is 0.852. The summed E-state index contributed by atoms with van der Waals surface area (Å²) in [4.78, 5) is 15.6. The zero-order chi connectivity index (χ0) is 23.5. The number of hydrogen-bond acceptors (Lipinski definition) is 4. The van der Waals surface area contributed by atoms with Gasteiger partial charge < -0.3 is 9.90 Å². The number of hydrogen-bond donors (Lipinski definition) is 1. The Labute approximate surface area is 198 Å². The second kappa shape index (κ2) is 18.3. The maximum Gasteiger partial charge on any atom is 0.209 e. The highest BCUT2D eigenvalue weighted by Gasteiger charge is 2.38. The summed E-state index contributed by atoms with van der Waals surface area (Å²) < 4.78 is 0.112. The molecule has 2 unspecified atom stereocenters. The van der Waals surface area contributed by atoms with Crippen molar-refractivity contribution in [3.63, 3.8) is 0 Å². The normalized spacial score (nSPS) is 18.8. The van der Waals surface area contributed by atoms with Gasteiger partial charge in [-0.15, -0.1) is 0 Å². The fourth-order valence-corrected chi connectivity index (χ4v) is 4.76. The molecule has 1 heterocycles. The van der Waals surface area contributed by atoms with Crippen molar-refractivity contribution >= 4 is 11.8 Å². The summed E-state index contributed by atoms with van der Waals surface area (Å²) in [7, 11) is 0. The quantitative estimate of drug-likeness (QED) is 0.158. The van der Waals surface area contributed by atoms with Crippen molar-refractivity contribution < 1.29 is 14.4 Å². The van der Waals surface area contributed by atoms with Gasteiger partial charge in [0.15, 0.2) is 0 Å². The number of unbranched alkanes of at least 4 members (excludes halogenated alkanes) is 17. The SMILES string of the molecule is CCCCCCCCCCCCCCCCCCCCC1=NC=C[N+]1(CC(=O)[O-])C(C)N. The summed E-state index contributed by atoms with van der Waals surface area (Å²) >= 11 is 0. The van der Waals surface area contributed by atoms with Crippen molar-refractivity contribution in [1.29, 1.82) is 0 Å². The zero-order valence-electron chi connectivity index (χ0n) is 21.2. The average Bonchev–Trinajstić information content (AvgIpc) is 3.16. The minimum absolute atomic E-state index is 0.112. The fourth-order valence-electron chi connectivity index (χ4n) is 4.76. The van der Waals surface area contributed by atoms with E-state index in [9.17, 15) is 9.90 Å². The maximum atomic E-state index is 11.2. The van der Waals surface area contributed by atoms with Crippen molar-refractivity contribution in [3.8, 4) is 0 Å². The minimum atomic E-state index is -1.08. The highest BCUT2D eigenvalue weighted by Crippen LogP contribution is 2.23. The van der Waals surface area contributed by atoms with Crippen molar-refractivity contribution in [2.45, 2.75) is 142 Å². The van der Waals surface area contributed by atoms with Gasteiger partial charge >= 0.3 is 0 Å². The molecule has 1 rings (SSSR count). The van der Waals surface area contributed by atoms with E-state index < -0.39 is 5.97 Å². The third-order valence-corrected chi connectivity index (χ3v) is 6.91. The average molecular weight is 450 g/mol. The number of aliphatic carboxylic acids is 1. The molecule has 0 aromatic rings. The summed E-state index contributed by atoms with van der Waals surface area (Å²) in [6, 6.07) is 0. The number of carbonyl (C=O) groups is 1. The van der Waals surface area contributed by atoms with Crippen molar-refractivity contribution in [2.75, 3.05) is 6.54 Å². The van der Waals surface area contributed by atoms with Gasteiger partial charge in [0.2, 0.25) is 5.84 Å². The lowest BCUT2D eigenvalue weighted by Gasteiger charge is -2.36. The van der Waals surface area contributed by atoms with E-state index in [-0.39, 0.29) is 17.2 Å². The number of quaternary nitrogens is 1. The molecule has 5 heteroatoms. The van der Waals surface area contributed by atoms with Crippen LogP contribution in [0.1, 0.15) is 136 Å². The molecule has 0 aromatic heterocycles. The third kappa shape index (κ3) is 12.2. The van der Waals surface area contributed by atoms with Crippen molar-refractivity contribution in [1.82, 2.24) is 0 Å². The molecule has 186 valence electrons. The molecule has 1 aliphatic rings. The molecular weight excluding hydrogens is 398 g/mol. The van der Waals surface area contributed by atoms with Crippen LogP contribution in [0.2, 0.25) is 0 Å². The van der Waals surface area contributed by atoms with E-state index in [2.05, 4.69) is 11.9 Å². The highest BCUT2D eigenvalue weighted by atomic mass is 16.4. The zero-order valence-corrected chi connectivity index (χ0v) is 21.2. The Kier molecular flexibility index (Phi) is 16.4. The molecule has 1 aliphatic heterocycles. The van der Waals surface area contributed by atoms with Crippen LogP contribution in [0.3, 0.4) is 0 Å². The Hall–Kier alpha value is -1.20. The second-order valence-corrected chi connectivity index (χ2v) is 9.81. The van der Waals surface area contributed by atoms with Crippen LogP contribution < -0.4 is 10.8 Å². The minimum Gasteiger partial charge on any atom is -0.544 e. The predicted molar refractivity (Wildman–Crippen MR) is 134 cm³/mol. The third-order valence-electron chi connectivity index (χ3n) is 6.91. The molecular formula is C27H51N3O2. The van der Waals surface area contributed by atoms with Gasteiger partial charge in [-0.05, 0) is 6.42 Å². The first-order chi connectivity index (χ1) is 15.5. The van der Waals surface area contributed by atoms with Gasteiger partial charge in [-0.3, -0.25) is 5.73 Å². The van der Waals surface area contributed by atoms with E-state index in [1.165, 1.54) is 109 Å². The Bertz CT molecular complexity index is 545. The highest BCUT2D eigenvalue weighted by molar-refractivity contribution is 5.81. The summed E-state index contributed by atoms with van der Waals surface area (Å²) in [6.07, 6.45) is 28.4. The Morgan fingerprint density at radius 2 is 1.25 bits per heavy atom. The number of rotatable bonds is 22. The van der Waals surface area contributed by atoms with Crippen LogP contribution in [0, 0.1) is 0 Å². The smallest absolute Gasteiger partial charge is 0.209 e. The first kappa shape index (κ1) is 28.8. The monoisotopic (exact) mass is 449 g/mol. The molecule has 0 spiro atoms. The molecule has 0 saturated carbocycles. The number of carbonyl (C=O) groups excluding carboxylic acids is 1. The summed E-state index contributed by atoms with van der Waals surface area (Å²) in [5.74, 6) is -0.222. The van der Waals surface area contributed by atoms with Gasteiger partial charge in [0, 0.05) is 13.3 Å². The number of amidine groups is 1. The number of aliphatic imine (C=N–C) groups is 1. The van der Waals surface area contributed by atoms with E-state index in [0.29, 0.717) is 0 Å². The van der Waals surface area contributed by atoms with Gasteiger partial charge in [-0.1, -0.05) is 116 Å². The van der Waals surface area contributed by atoms with Crippen molar-refractivity contribution in [2.24, 2.45) is 10.7 Å². The number of nitrogens with zero attached hydrogens (tertiary/aromatic N) is 2. The summed E-state index contributed by atoms with van der Waals surface area (Å²) in [6.45, 7) is 3.99. The standard InChI is InChI=1S/C27H51N3O2/c1-3-4-5-6-7-8-9-10-11-12-13-14-15-16-17-18-19-20-21-26-29-22-23-30(26,25(2)28)24-27(31)32/h22-23,25H,3-21,24,28H2,1-2H3. The molecule has 0 aliphatic carbocycles. The molecule has 2 N–H and O–H groups in total. The summed E-state index contributed by atoms with van der Waals surface area (Å²) in [5.41, 5.74) is 6.09. The van der Waals surface area contributed by atoms with Gasteiger partial charge in [0.05, 0.1) is 12.2 Å². The van der Waals surface area contributed by atoms with Crippen LogP contribution in [-0.2, 0) is 4.79 Å². The van der Waals surface area contributed by atoms with E-state index in [4.69, 9.17) is 5.73 Å². The van der Waals surface area contributed by atoms with Crippen LogP contribution in [0.5, 0.6) is 0 Å². The number of carboxylic acid groups (broad SMARTS) is 1. The largest absolute Gasteiger partial charge is 0.544 e. The van der Waals surface area contributed by atoms with Crippen LogP contribution in [0.4, 0.5) is 0 Å². The van der Waals surface area contributed by atoms with E-state index in [1.54, 1.807) is 12.4 Å². The number of nitrogens with two attached hydrogens (primary N) is 1. The predicted octanol–water partition coefficient (Wildman–Crippen LogP) is 6.17. The van der Waals surface area contributed by atoms with Gasteiger partial charge in [0.25, 0.3) is 0 Å². The van der Waals surface area contributed by atoms with Crippen LogP contribution in [0.15, 0.2) is 17.4 Å². The van der Waals surface area contributed by atoms with E-state index >= 15 is 0 Å². The van der Waals surface area contributed by atoms with Gasteiger partial charge in [-0.2, -0.15) is 0 Å². The molecule has 0 amide bonds. The summed E-state index contributed by atoms with van der Waals surface area (Å²) in [5, 5.41) is 11.2. The molecule has 5 nitrogen and oxygen atoms in total. The second-order valence-electron chi connectivity index (χ2n) is 9.81. The molecule has 0 fully saturated rings.